The van der Waals surface area contributed by atoms with Crippen LogP contribution in [0.25, 0.3) is 0 Å². The zero-order valence-electron chi connectivity index (χ0n) is 17.4. The molecule has 3 aromatic rings. The fourth-order valence-corrected chi connectivity index (χ4v) is 4.04. The Morgan fingerprint density at radius 2 is 1.55 bits per heavy atom. The number of alkyl halides is 3. The Kier molecular flexibility index (Phi) is 7.09. The van der Waals surface area contributed by atoms with Crippen LogP contribution in [0, 0.1) is 6.92 Å². The lowest BCUT2D eigenvalue weighted by molar-refractivity contribution is -0.137. The van der Waals surface area contributed by atoms with Crippen LogP contribution in [0.4, 0.5) is 13.2 Å². The number of sulfonamides is 1. The van der Waals surface area contributed by atoms with E-state index in [-0.39, 0.29) is 22.8 Å². The van der Waals surface area contributed by atoms with Gasteiger partial charge in [0, 0.05) is 6.54 Å². The molecule has 0 aliphatic heterocycles. The average Bonchev–Trinajstić information content (AvgIpc) is 2.74. The molecule has 0 aromatic heterocycles. The number of nitrogens with one attached hydrogen (secondary N) is 1. The average molecular weight is 479 g/mol. The van der Waals surface area contributed by atoms with Crippen LogP contribution in [0.2, 0.25) is 0 Å². The van der Waals surface area contributed by atoms with E-state index in [1.165, 1.54) is 24.3 Å². The smallest absolute Gasteiger partial charge is 0.416 e. The quantitative estimate of drug-likeness (QED) is 0.473. The van der Waals surface area contributed by atoms with Crippen molar-refractivity contribution < 1.29 is 36.2 Å². The number of carbonyl (C=O) groups is 1. The Bertz CT molecular complexity index is 1240. The lowest BCUT2D eigenvalue weighted by Crippen LogP contribution is -2.26. The predicted octanol–water partition coefficient (Wildman–Crippen LogP) is 5.03. The van der Waals surface area contributed by atoms with Crippen LogP contribution in [-0.4, -0.2) is 26.0 Å². The minimum atomic E-state index is -4.42. The summed E-state index contributed by atoms with van der Waals surface area (Å²) in [6.07, 6.45) is -4.06. The van der Waals surface area contributed by atoms with E-state index in [9.17, 15) is 26.4 Å². The monoisotopic (exact) mass is 479 g/mol. The Labute approximate surface area is 188 Å². The molecule has 0 saturated carbocycles. The highest BCUT2D eigenvalue weighted by atomic mass is 32.2. The molecule has 0 atom stereocenters. The Morgan fingerprint density at radius 3 is 2.09 bits per heavy atom. The third-order valence-electron chi connectivity index (χ3n) is 4.80. The summed E-state index contributed by atoms with van der Waals surface area (Å²) in [4.78, 5) is 11.1. The summed E-state index contributed by atoms with van der Waals surface area (Å²) >= 11 is 0. The van der Waals surface area contributed by atoms with Gasteiger partial charge < -0.3 is 9.84 Å². The third kappa shape index (κ3) is 6.33. The molecule has 10 heteroatoms. The molecule has 0 amide bonds. The van der Waals surface area contributed by atoms with Gasteiger partial charge in [-0.15, -0.1) is 0 Å². The molecule has 0 heterocycles. The summed E-state index contributed by atoms with van der Waals surface area (Å²) in [7, 11) is -3.88. The molecule has 33 heavy (non-hydrogen) atoms. The van der Waals surface area contributed by atoms with Crippen LogP contribution in [0.3, 0.4) is 0 Å². The van der Waals surface area contributed by atoms with Gasteiger partial charge in [-0.1, -0.05) is 18.2 Å². The van der Waals surface area contributed by atoms with Crippen LogP contribution >= 0.6 is 0 Å². The molecule has 0 unspecified atom stereocenters. The second-order valence-electron chi connectivity index (χ2n) is 7.20. The Balaban J connectivity index is 1.57. The first kappa shape index (κ1) is 24.3. The highest BCUT2D eigenvalue weighted by Gasteiger charge is 2.30. The van der Waals surface area contributed by atoms with Gasteiger partial charge in [0.05, 0.1) is 16.0 Å². The van der Waals surface area contributed by atoms with Gasteiger partial charge in [0.2, 0.25) is 10.0 Å². The van der Waals surface area contributed by atoms with E-state index in [1.54, 1.807) is 31.2 Å². The highest BCUT2D eigenvalue weighted by molar-refractivity contribution is 7.89. The van der Waals surface area contributed by atoms with Crippen molar-refractivity contribution in [3.8, 4) is 11.5 Å². The van der Waals surface area contributed by atoms with Crippen LogP contribution in [-0.2, 0) is 22.6 Å². The van der Waals surface area contributed by atoms with Crippen molar-refractivity contribution in [2.75, 3.05) is 6.54 Å². The van der Waals surface area contributed by atoms with Gasteiger partial charge in [-0.2, -0.15) is 13.2 Å². The largest absolute Gasteiger partial charge is 0.478 e. The normalized spacial score (nSPS) is 11.9. The maximum atomic E-state index is 12.6. The lowest BCUT2D eigenvalue weighted by atomic mass is 10.1. The van der Waals surface area contributed by atoms with E-state index in [1.807, 2.05) is 0 Å². The van der Waals surface area contributed by atoms with Gasteiger partial charge in [0.25, 0.3) is 0 Å². The number of carboxylic acid groups (broad SMARTS) is 1. The van der Waals surface area contributed by atoms with Crippen molar-refractivity contribution in [1.82, 2.24) is 4.72 Å². The fraction of sp³-hybridized carbons (Fsp3) is 0.174. The van der Waals surface area contributed by atoms with Crippen molar-refractivity contribution in [2.45, 2.75) is 24.4 Å². The molecule has 0 aliphatic rings. The van der Waals surface area contributed by atoms with Crippen molar-refractivity contribution in [2.24, 2.45) is 0 Å². The zero-order chi connectivity index (χ0) is 24.2. The molecular weight excluding hydrogens is 459 g/mol. The van der Waals surface area contributed by atoms with Crippen LogP contribution in [0.15, 0.2) is 71.6 Å². The van der Waals surface area contributed by atoms with Gasteiger partial charge in [0.1, 0.15) is 11.5 Å². The van der Waals surface area contributed by atoms with E-state index in [2.05, 4.69) is 4.72 Å². The molecule has 0 radical (unpaired) electrons. The summed E-state index contributed by atoms with van der Waals surface area (Å²) in [5.74, 6) is -0.537. The zero-order valence-corrected chi connectivity index (χ0v) is 18.2. The lowest BCUT2D eigenvalue weighted by Gasteiger charge is -2.10. The predicted molar refractivity (Wildman–Crippen MR) is 115 cm³/mol. The second-order valence-corrected chi connectivity index (χ2v) is 8.96. The molecule has 0 aliphatic carbocycles. The first-order valence-electron chi connectivity index (χ1n) is 9.73. The molecule has 3 aromatic carbocycles. The molecule has 3 rings (SSSR count). The molecule has 174 valence electrons. The second kappa shape index (κ2) is 9.63. The van der Waals surface area contributed by atoms with E-state index in [0.717, 1.165) is 23.8 Å². The number of carboxylic acids is 1. The Hall–Kier alpha value is -3.37. The first-order chi connectivity index (χ1) is 15.5. The summed E-state index contributed by atoms with van der Waals surface area (Å²) in [5, 5.41) is 9.17. The van der Waals surface area contributed by atoms with Crippen LogP contribution in [0.1, 0.15) is 27.0 Å². The van der Waals surface area contributed by atoms with Gasteiger partial charge >= 0.3 is 12.1 Å². The minimum absolute atomic E-state index is 0.0811. The molecule has 6 nitrogen and oxygen atoms in total. The van der Waals surface area contributed by atoms with Gasteiger partial charge in [-0.25, -0.2) is 17.9 Å². The van der Waals surface area contributed by atoms with Gasteiger partial charge in [-0.3, -0.25) is 0 Å². The number of hydrogen-bond donors (Lipinski definition) is 2. The first-order valence-corrected chi connectivity index (χ1v) is 11.2. The topological polar surface area (TPSA) is 92.7 Å². The van der Waals surface area contributed by atoms with E-state index < -0.39 is 27.7 Å². The number of aryl methyl sites for hydroxylation is 1. The maximum Gasteiger partial charge on any atom is 0.416 e. The third-order valence-corrected chi connectivity index (χ3v) is 6.25. The Morgan fingerprint density at radius 1 is 0.970 bits per heavy atom. The summed E-state index contributed by atoms with van der Waals surface area (Å²) in [5.41, 5.74) is 0.409. The molecule has 0 bridgehead atoms. The molecular formula is C23H20F3NO5S. The molecule has 2 N–H and O–H groups in total. The van der Waals surface area contributed by atoms with Crippen molar-refractivity contribution >= 4 is 16.0 Å². The van der Waals surface area contributed by atoms with Crippen molar-refractivity contribution in [1.29, 1.82) is 0 Å². The number of aromatic carboxylic acids is 1. The molecule has 0 saturated heterocycles. The fourth-order valence-electron chi connectivity index (χ4n) is 2.98. The molecule has 0 fully saturated rings. The number of hydrogen-bond acceptors (Lipinski definition) is 4. The van der Waals surface area contributed by atoms with Crippen molar-refractivity contribution in [3.63, 3.8) is 0 Å². The van der Waals surface area contributed by atoms with Gasteiger partial charge in [-0.05, 0) is 73.0 Å². The van der Waals surface area contributed by atoms with Crippen LogP contribution < -0.4 is 9.46 Å². The van der Waals surface area contributed by atoms with Crippen LogP contribution in [0.5, 0.6) is 11.5 Å². The maximum absolute atomic E-state index is 12.6. The number of ether oxygens (including phenoxy) is 1. The number of benzene rings is 3. The van der Waals surface area contributed by atoms with Crippen molar-refractivity contribution in [3.05, 3.63) is 89.0 Å². The minimum Gasteiger partial charge on any atom is -0.478 e. The van der Waals surface area contributed by atoms with E-state index >= 15 is 0 Å². The standard InChI is InChI=1S/C23H20F3NO5S/c1-15-2-11-20(14-21(15)22(28)29)33(30,31)27-13-12-16-3-7-18(8-4-16)32-19-9-5-17(6-10-19)23(24,25)26/h2-11,14,27H,12-13H2,1H3,(H,28,29). The van der Waals surface area contributed by atoms with E-state index in [4.69, 9.17) is 9.84 Å². The highest BCUT2D eigenvalue weighted by Crippen LogP contribution is 2.31. The van der Waals surface area contributed by atoms with E-state index in [0.29, 0.717) is 17.7 Å². The number of halogens is 3. The summed E-state index contributed by atoms with van der Waals surface area (Å²) in [6, 6.07) is 14.9. The summed E-state index contributed by atoms with van der Waals surface area (Å²) < 4.78 is 70.7. The summed E-state index contributed by atoms with van der Waals surface area (Å²) in [6.45, 7) is 1.66. The number of rotatable bonds is 8. The van der Waals surface area contributed by atoms with Gasteiger partial charge in [0.15, 0.2) is 0 Å². The molecule has 0 spiro atoms. The SMILES string of the molecule is Cc1ccc(S(=O)(=O)NCCc2ccc(Oc3ccc(C(F)(F)F)cc3)cc2)cc1C(=O)O.